The number of nitrogens with zero attached hydrogens (tertiary/aromatic N) is 2. The van der Waals surface area contributed by atoms with Crippen LogP contribution in [0.2, 0.25) is 5.02 Å². The smallest absolute Gasteiger partial charge is 0.323 e. The Morgan fingerprint density at radius 1 is 1.28 bits per heavy atom. The molecule has 0 bridgehead atoms. The van der Waals surface area contributed by atoms with Crippen molar-refractivity contribution in [2.45, 2.75) is 39.2 Å². The van der Waals surface area contributed by atoms with Crippen molar-refractivity contribution in [2.24, 2.45) is 0 Å². The van der Waals surface area contributed by atoms with Gasteiger partial charge >= 0.3 is 5.97 Å². The second kappa shape index (κ2) is 8.34. The van der Waals surface area contributed by atoms with Crippen LogP contribution in [-0.4, -0.2) is 58.4 Å². The van der Waals surface area contributed by atoms with E-state index in [9.17, 15) is 14.4 Å². The molecular weight excluding hydrogens is 344 g/mol. The third-order valence-electron chi connectivity index (χ3n) is 4.49. The summed E-state index contributed by atoms with van der Waals surface area (Å²) in [5.74, 6) is -1.41. The van der Waals surface area contributed by atoms with Gasteiger partial charge in [-0.1, -0.05) is 17.7 Å². The average molecular weight is 367 g/mol. The number of likely N-dealkylation sites (tertiary alicyclic amines) is 1. The van der Waals surface area contributed by atoms with Gasteiger partial charge in [-0.2, -0.15) is 0 Å². The maximum atomic E-state index is 12.7. The van der Waals surface area contributed by atoms with E-state index in [1.807, 2.05) is 13.0 Å². The molecule has 2 rings (SSSR count). The van der Waals surface area contributed by atoms with Gasteiger partial charge in [-0.15, -0.1) is 0 Å². The van der Waals surface area contributed by atoms with Crippen LogP contribution in [0.4, 0.5) is 0 Å². The lowest BCUT2D eigenvalue weighted by atomic mass is 10.1. The maximum Gasteiger partial charge on any atom is 0.323 e. The molecule has 6 nitrogen and oxygen atoms in total. The van der Waals surface area contributed by atoms with Crippen LogP contribution in [0.1, 0.15) is 42.1 Å². The average Bonchev–Trinajstić information content (AvgIpc) is 2.77. The molecule has 1 unspecified atom stereocenters. The Morgan fingerprint density at radius 3 is 2.60 bits per heavy atom. The van der Waals surface area contributed by atoms with Crippen molar-refractivity contribution in [3.63, 3.8) is 0 Å². The molecule has 0 aromatic heterocycles. The zero-order valence-corrected chi connectivity index (χ0v) is 15.3. The molecule has 0 saturated carbocycles. The minimum absolute atomic E-state index is 0.127. The number of halogens is 1. The van der Waals surface area contributed by atoms with Crippen molar-refractivity contribution < 1.29 is 19.5 Å². The van der Waals surface area contributed by atoms with Gasteiger partial charge in [0.15, 0.2) is 0 Å². The molecule has 1 N–H and O–H groups in total. The summed E-state index contributed by atoms with van der Waals surface area (Å²) in [5, 5.41) is 9.43. The summed E-state index contributed by atoms with van der Waals surface area (Å²) >= 11 is 6.20. The van der Waals surface area contributed by atoms with E-state index >= 15 is 0 Å². The molecule has 0 spiro atoms. The molecule has 7 heteroatoms. The molecule has 1 heterocycles. The Hall–Kier alpha value is -2.08. The van der Waals surface area contributed by atoms with E-state index in [1.54, 1.807) is 17.0 Å². The van der Waals surface area contributed by atoms with Gasteiger partial charge in [-0.25, -0.2) is 0 Å². The number of hydrogen-bond acceptors (Lipinski definition) is 3. The van der Waals surface area contributed by atoms with Gasteiger partial charge in [0.05, 0.1) is 10.6 Å². The first-order valence-electron chi connectivity index (χ1n) is 8.34. The van der Waals surface area contributed by atoms with E-state index in [4.69, 9.17) is 16.7 Å². The van der Waals surface area contributed by atoms with E-state index in [0.717, 1.165) is 5.56 Å². The number of carboxylic acid groups (broad SMARTS) is 1. The molecule has 136 valence electrons. The number of carboxylic acids is 1. The van der Waals surface area contributed by atoms with E-state index in [2.05, 4.69) is 0 Å². The van der Waals surface area contributed by atoms with E-state index < -0.39 is 5.97 Å². The van der Waals surface area contributed by atoms with Crippen LogP contribution in [0.5, 0.6) is 0 Å². The molecule has 1 aromatic rings. The molecule has 0 radical (unpaired) electrons. The number of carbonyl (C=O) groups is 3. The molecule has 25 heavy (non-hydrogen) atoms. The van der Waals surface area contributed by atoms with Crippen molar-refractivity contribution >= 4 is 29.4 Å². The quantitative estimate of drug-likeness (QED) is 0.888. The fourth-order valence-corrected chi connectivity index (χ4v) is 3.52. The van der Waals surface area contributed by atoms with Crippen molar-refractivity contribution in [3.05, 3.63) is 34.3 Å². The largest absolute Gasteiger partial charge is 0.480 e. The zero-order valence-electron chi connectivity index (χ0n) is 14.5. The number of benzene rings is 1. The fraction of sp³-hybridized carbons (Fsp3) is 0.500. The Morgan fingerprint density at radius 2 is 2.00 bits per heavy atom. The summed E-state index contributed by atoms with van der Waals surface area (Å²) in [6.45, 7) is 4.02. The van der Waals surface area contributed by atoms with E-state index in [0.29, 0.717) is 42.9 Å². The Bertz CT molecular complexity index is 677. The van der Waals surface area contributed by atoms with E-state index in [-0.39, 0.29) is 24.4 Å². The van der Waals surface area contributed by atoms with Gasteiger partial charge in [0.25, 0.3) is 5.91 Å². The molecule has 1 atom stereocenters. The van der Waals surface area contributed by atoms with Crippen molar-refractivity contribution in [2.75, 3.05) is 19.6 Å². The highest BCUT2D eigenvalue weighted by atomic mass is 35.5. The summed E-state index contributed by atoms with van der Waals surface area (Å²) in [6, 6.07) is 5.18. The lowest BCUT2D eigenvalue weighted by molar-refractivity contribution is -0.145. The van der Waals surface area contributed by atoms with Crippen molar-refractivity contribution in [1.82, 2.24) is 9.80 Å². The van der Waals surface area contributed by atoms with Crippen LogP contribution in [0.15, 0.2) is 18.2 Å². The lowest BCUT2D eigenvalue weighted by Crippen LogP contribution is -2.43. The highest BCUT2D eigenvalue weighted by Crippen LogP contribution is 2.23. The number of rotatable bonds is 4. The molecule has 1 aliphatic rings. The van der Waals surface area contributed by atoms with Gasteiger partial charge < -0.3 is 14.9 Å². The minimum Gasteiger partial charge on any atom is -0.480 e. The zero-order chi connectivity index (χ0) is 18.6. The molecule has 0 aliphatic carbocycles. The highest BCUT2D eigenvalue weighted by Gasteiger charge is 2.28. The normalized spacial score (nSPS) is 17.7. The third kappa shape index (κ3) is 4.95. The van der Waals surface area contributed by atoms with Gasteiger partial charge in [0.2, 0.25) is 5.91 Å². The molecule has 1 aromatic carbocycles. The maximum absolute atomic E-state index is 12.7. The first kappa shape index (κ1) is 19.2. The second-order valence-corrected chi connectivity index (χ2v) is 6.81. The second-order valence-electron chi connectivity index (χ2n) is 6.40. The van der Waals surface area contributed by atoms with E-state index in [1.165, 1.54) is 11.8 Å². The Labute approximate surface area is 152 Å². The number of hydrogen-bond donors (Lipinski definition) is 1. The van der Waals surface area contributed by atoms with Crippen LogP contribution >= 0.6 is 11.6 Å². The Kier molecular flexibility index (Phi) is 6.42. The summed E-state index contributed by atoms with van der Waals surface area (Å²) in [4.78, 5) is 38.6. The van der Waals surface area contributed by atoms with Crippen LogP contribution in [0.25, 0.3) is 0 Å². The SMILES string of the molecule is CC(=O)N(CC(=O)O)C1CCCN(C(=O)c2ccc(C)cc2Cl)CC1. The van der Waals surface area contributed by atoms with Crippen molar-refractivity contribution in [1.29, 1.82) is 0 Å². The number of amides is 2. The third-order valence-corrected chi connectivity index (χ3v) is 4.80. The summed E-state index contributed by atoms with van der Waals surface area (Å²) in [6.07, 6.45) is 1.95. The fourth-order valence-electron chi connectivity index (χ4n) is 3.20. The van der Waals surface area contributed by atoms with Crippen LogP contribution in [-0.2, 0) is 9.59 Å². The van der Waals surface area contributed by atoms with Crippen LogP contribution in [0.3, 0.4) is 0 Å². The number of carbonyl (C=O) groups excluding carboxylic acids is 2. The summed E-state index contributed by atoms with van der Waals surface area (Å²) in [5.41, 5.74) is 1.46. The molecule has 1 aliphatic heterocycles. The van der Waals surface area contributed by atoms with Gasteiger partial charge in [0, 0.05) is 26.1 Å². The molecule has 2 amide bonds. The molecule has 1 fully saturated rings. The predicted molar refractivity (Wildman–Crippen MR) is 94.8 cm³/mol. The van der Waals surface area contributed by atoms with Crippen LogP contribution in [0, 0.1) is 6.92 Å². The number of aliphatic carboxylic acids is 1. The molecular formula is C18H23ClN2O4. The standard InChI is InChI=1S/C18H23ClN2O4/c1-12-5-6-15(16(19)10-12)18(25)20-8-3-4-14(7-9-20)21(13(2)22)11-17(23)24/h5-6,10,14H,3-4,7-9,11H2,1-2H3,(H,23,24). The first-order valence-corrected chi connectivity index (χ1v) is 8.72. The first-order chi connectivity index (χ1) is 11.8. The van der Waals surface area contributed by atoms with Crippen LogP contribution < -0.4 is 0 Å². The predicted octanol–water partition coefficient (Wildman–Crippen LogP) is 2.58. The van der Waals surface area contributed by atoms with Crippen molar-refractivity contribution in [3.8, 4) is 0 Å². The van der Waals surface area contributed by atoms with Gasteiger partial charge in [0.1, 0.15) is 6.54 Å². The lowest BCUT2D eigenvalue weighted by Gasteiger charge is -2.29. The van der Waals surface area contributed by atoms with Gasteiger partial charge in [-0.3, -0.25) is 14.4 Å². The highest BCUT2D eigenvalue weighted by molar-refractivity contribution is 6.33. The van der Waals surface area contributed by atoms with Gasteiger partial charge in [-0.05, 0) is 43.9 Å². The molecule has 1 saturated heterocycles. The minimum atomic E-state index is -1.03. The summed E-state index contributed by atoms with van der Waals surface area (Å²) in [7, 11) is 0. The topological polar surface area (TPSA) is 77.9 Å². The number of aryl methyl sites for hydroxylation is 1. The Balaban J connectivity index is 2.08. The summed E-state index contributed by atoms with van der Waals surface area (Å²) < 4.78 is 0. The monoisotopic (exact) mass is 366 g/mol.